The highest BCUT2D eigenvalue weighted by atomic mass is 32.1. The molecule has 194 valence electrons. The smallest absolute Gasteiger partial charge is 0.317 e. The van der Waals surface area contributed by atoms with E-state index in [4.69, 9.17) is 4.74 Å². The van der Waals surface area contributed by atoms with Crippen LogP contribution in [0.4, 0.5) is 4.79 Å². The SMILES string of the molecule is COc1ccc([C@H]2c3ccsc3CCN2CC(=O)N2CCN(C(=O)NC3CCCCC3)[C@H](C)C2)cc1. The number of methoxy groups -OCH3 is 1. The summed E-state index contributed by atoms with van der Waals surface area (Å²) in [5, 5.41) is 5.39. The van der Waals surface area contributed by atoms with Gasteiger partial charge in [0.15, 0.2) is 0 Å². The van der Waals surface area contributed by atoms with Gasteiger partial charge in [0, 0.05) is 43.1 Å². The quantitative estimate of drug-likeness (QED) is 0.652. The highest BCUT2D eigenvalue weighted by molar-refractivity contribution is 7.10. The van der Waals surface area contributed by atoms with E-state index in [9.17, 15) is 9.59 Å². The van der Waals surface area contributed by atoms with Crippen LogP contribution >= 0.6 is 11.3 Å². The van der Waals surface area contributed by atoms with Crippen molar-refractivity contribution in [2.45, 2.75) is 63.6 Å². The second-order valence-electron chi connectivity index (χ2n) is 10.4. The van der Waals surface area contributed by atoms with Gasteiger partial charge >= 0.3 is 6.03 Å². The fourth-order valence-electron chi connectivity index (χ4n) is 5.98. The maximum Gasteiger partial charge on any atom is 0.317 e. The van der Waals surface area contributed by atoms with E-state index < -0.39 is 0 Å². The summed E-state index contributed by atoms with van der Waals surface area (Å²) in [6, 6.07) is 10.8. The van der Waals surface area contributed by atoms with E-state index in [0.717, 1.165) is 31.6 Å². The highest BCUT2D eigenvalue weighted by Crippen LogP contribution is 2.38. The molecular weight excluding hydrogens is 472 g/mol. The number of hydrogen-bond acceptors (Lipinski definition) is 5. The lowest BCUT2D eigenvalue weighted by Crippen LogP contribution is -2.59. The first-order chi connectivity index (χ1) is 17.5. The molecule has 1 aromatic heterocycles. The van der Waals surface area contributed by atoms with Gasteiger partial charge in [-0.3, -0.25) is 9.69 Å². The number of rotatable bonds is 5. The number of nitrogens with zero attached hydrogens (tertiary/aromatic N) is 3. The van der Waals surface area contributed by atoms with Crippen molar-refractivity contribution in [3.05, 3.63) is 51.7 Å². The van der Waals surface area contributed by atoms with E-state index >= 15 is 0 Å². The van der Waals surface area contributed by atoms with Crippen LogP contribution in [0.25, 0.3) is 0 Å². The normalized spacial score (nSPS) is 23.3. The average molecular weight is 511 g/mol. The Bertz CT molecular complexity index is 1050. The van der Waals surface area contributed by atoms with Crippen molar-refractivity contribution in [2.75, 3.05) is 39.8 Å². The number of carbonyl (C=O) groups is 2. The van der Waals surface area contributed by atoms with Gasteiger partial charge in [-0.05, 0) is 60.9 Å². The third kappa shape index (κ3) is 5.39. The first-order valence-electron chi connectivity index (χ1n) is 13.3. The number of thiophene rings is 1. The number of amides is 3. The minimum absolute atomic E-state index is 0.00788. The van der Waals surface area contributed by atoms with Gasteiger partial charge in [-0.2, -0.15) is 0 Å². The monoisotopic (exact) mass is 510 g/mol. The summed E-state index contributed by atoms with van der Waals surface area (Å²) in [5.74, 6) is 0.980. The third-order valence-electron chi connectivity index (χ3n) is 8.01. The summed E-state index contributed by atoms with van der Waals surface area (Å²) in [6.45, 7) is 5.05. The summed E-state index contributed by atoms with van der Waals surface area (Å²) in [6.07, 6.45) is 6.80. The molecule has 7 nitrogen and oxygen atoms in total. The third-order valence-corrected chi connectivity index (χ3v) is 9.01. The predicted octanol–water partition coefficient (Wildman–Crippen LogP) is 4.28. The molecule has 3 amide bonds. The molecule has 0 unspecified atom stereocenters. The Morgan fingerprint density at radius 3 is 2.56 bits per heavy atom. The second-order valence-corrected chi connectivity index (χ2v) is 11.4. The van der Waals surface area contributed by atoms with Crippen molar-refractivity contribution in [3.63, 3.8) is 0 Å². The largest absolute Gasteiger partial charge is 0.497 e. The first kappa shape index (κ1) is 25.1. The molecule has 8 heteroatoms. The van der Waals surface area contributed by atoms with E-state index in [1.165, 1.54) is 35.3 Å². The molecule has 2 fully saturated rings. The van der Waals surface area contributed by atoms with E-state index in [2.05, 4.69) is 40.7 Å². The summed E-state index contributed by atoms with van der Waals surface area (Å²) in [4.78, 5) is 34.0. The fraction of sp³-hybridized carbons (Fsp3) is 0.571. The highest BCUT2D eigenvalue weighted by Gasteiger charge is 2.35. The fourth-order valence-corrected chi connectivity index (χ4v) is 6.88. The van der Waals surface area contributed by atoms with Gasteiger partial charge in [-0.1, -0.05) is 31.4 Å². The van der Waals surface area contributed by atoms with Gasteiger partial charge in [0.2, 0.25) is 5.91 Å². The Morgan fingerprint density at radius 1 is 1.06 bits per heavy atom. The molecule has 1 saturated carbocycles. The van der Waals surface area contributed by atoms with Crippen LogP contribution in [0.3, 0.4) is 0 Å². The van der Waals surface area contributed by atoms with Crippen LogP contribution in [-0.4, -0.2) is 78.6 Å². The Kier molecular flexibility index (Phi) is 7.82. The van der Waals surface area contributed by atoms with Gasteiger partial charge in [0.1, 0.15) is 5.75 Å². The van der Waals surface area contributed by atoms with E-state index in [-0.39, 0.29) is 24.0 Å². The zero-order valence-corrected chi connectivity index (χ0v) is 22.3. The summed E-state index contributed by atoms with van der Waals surface area (Å²) in [5.41, 5.74) is 2.49. The molecule has 0 bridgehead atoms. The second kappa shape index (κ2) is 11.2. The number of carbonyl (C=O) groups excluding carboxylic acids is 2. The zero-order chi connectivity index (χ0) is 25.1. The number of fused-ring (bicyclic) bond motifs is 1. The van der Waals surface area contributed by atoms with E-state index in [0.29, 0.717) is 32.2 Å². The van der Waals surface area contributed by atoms with Gasteiger partial charge in [0.25, 0.3) is 0 Å². The van der Waals surface area contributed by atoms with E-state index in [1.807, 2.05) is 21.9 Å². The van der Waals surface area contributed by atoms with Crippen LogP contribution < -0.4 is 10.1 Å². The number of urea groups is 1. The van der Waals surface area contributed by atoms with Crippen molar-refractivity contribution in [1.82, 2.24) is 20.0 Å². The molecule has 2 aromatic rings. The molecule has 0 spiro atoms. The molecule has 1 aromatic carbocycles. The van der Waals surface area contributed by atoms with Crippen LogP contribution in [0.5, 0.6) is 5.75 Å². The first-order valence-corrected chi connectivity index (χ1v) is 14.2. The lowest BCUT2D eigenvalue weighted by molar-refractivity contribution is -0.135. The summed E-state index contributed by atoms with van der Waals surface area (Å²) >= 11 is 1.81. The number of nitrogens with one attached hydrogen (secondary N) is 1. The lowest BCUT2D eigenvalue weighted by atomic mass is 9.93. The van der Waals surface area contributed by atoms with Gasteiger partial charge in [-0.25, -0.2) is 4.79 Å². The Morgan fingerprint density at radius 2 is 1.83 bits per heavy atom. The van der Waals surface area contributed by atoms with Crippen LogP contribution in [0.15, 0.2) is 35.7 Å². The Labute approximate surface area is 218 Å². The summed E-state index contributed by atoms with van der Waals surface area (Å²) < 4.78 is 5.35. The Hall–Kier alpha value is -2.58. The molecule has 5 rings (SSSR count). The molecule has 0 radical (unpaired) electrons. The summed E-state index contributed by atoms with van der Waals surface area (Å²) in [7, 11) is 1.68. The van der Waals surface area contributed by atoms with Crippen LogP contribution in [0, 0.1) is 0 Å². The van der Waals surface area contributed by atoms with Crippen LogP contribution in [0.1, 0.15) is 61.1 Å². The molecule has 1 saturated heterocycles. The van der Waals surface area contributed by atoms with Gasteiger partial charge in [0.05, 0.1) is 19.7 Å². The maximum absolute atomic E-state index is 13.5. The van der Waals surface area contributed by atoms with Crippen molar-refractivity contribution in [1.29, 1.82) is 0 Å². The molecular formula is C28H38N4O3S. The average Bonchev–Trinajstić information content (AvgIpc) is 3.38. The minimum atomic E-state index is 0.00788. The van der Waals surface area contributed by atoms with Gasteiger partial charge in [-0.15, -0.1) is 11.3 Å². The maximum atomic E-state index is 13.5. The number of ether oxygens (including phenoxy) is 1. The van der Waals surface area contributed by atoms with E-state index in [1.54, 1.807) is 18.4 Å². The molecule has 36 heavy (non-hydrogen) atoms. The van der Waals surface area contributed by atoms with Crippen molar-refractivity contribution in [2.24, 2.45) is 0 Å². The van der Waals surface area contributed by atoms with Crippen LogP contribution in [-0.2, 0) is 11.2 Å². The number of piperazine rings is 1. The topological polar surface area (TPSA) is 65.1 Å². The Balaban J connectivity index is 1.22. The van der Waals surface area contributed by atoms with Crippen LogP contribution in [0.2, 0.25) is 0 Å². The number of hydrogen-bond donors (Lipinski definition) is 1. The molecule has 1 aliphatic carbocycles. The predicted molar refractivity (Wildman–Crippen MR) is 143 cm³/mol. The molecule has 3 heterocycles. The van der Waals surface area contributed by atoms with Crippen molar-refractivity contribution >= 4 is 23.3 Å². The number of benzene rings is 1. The molecule has 1 N–H and O–H groups in total. The van der Waals surface area contributed by atoms with Crippen molar-refractivity contribution in [3.8, 4) is 5.75 Å². The minimum Gasteiger partial charge on any atom is -0.497 e. The van der Waals surface area contributed by atoms with Crippen molar-refractivity contribution < 1.29 is 14.3 Å². The standard InChI is InChI=1S/C28H38N4O3S/c1-20-18-30(15-16-32(20)28(34)29-22-6-4-3-5-7-22)26(33)19-31-14-12-25-24(13-17-36-25)27(31)21-8-10-23(35-2)11-9-21/h8-11,13,17,20,22,27H,3-7,12,14-16,18-19H2,1-2H3,(H,29,34)/t20-,27+/m1/s1. The van der Waals surface area contributed by atoms with Gasteiger partial charge < -0.3 is 19.9 Å². The zero-order valence-electron chi connectivity index (χ0n) is 21.4. The molecule has 3 aliphatic rings. The molecule has 2 atom stereocenters. The molecule has 2 aliphatic heterocycles. The lowest BCUT2D eigenvalue weighted by Gasteiger charge is -2.42.